The minimum absolute atomic E-state index is 0.0222. The molecule has 1 atom stereocenters. The molecule has 0 saturated carbocycles. The van der Waals surface area contributed by atoms with E-state index in [2.05, 4.69) is 20.1 Å². The molecular formula is C27H29ClF2N6O4S. The van der Waals surface area contributed by atoms with Gasteiger partial charge >= 0.3 is 6.09 Å². The lowest BCUT2D eigenvalue weighted by Crippen LogP contribution is -2.36. The molecule has 2 aromatic carbocycles. The number of hydrogen-bond acceptors (Lipinski definition) is 7. The van der Waals surface area contributed by atoms with E-state index in [9.17, 15) is 22.0 Å². The quantitative estimate of drug-likeness (QED) is 0.258. The summed E-state index contributed by atoms with van der Waals surface area (Å²) in [6.07, 6.45) is 1.56. The number of nitrogens with zero attached hydrogens (tertiary/aromatic N) is 3. The number of nitrogen functional groups attached to an aromatic ring is 1. The lowest BCUT2D eigenvalue weighted by molar-refractivity contribution is 0.0502. The van der Waals surface area contributed by atoms with Crippen LogP contribution in [0.25, 0.3) is 22.0 Å². The molecule has 14 heteroatoms. The van der Waals surface area contributed by atoms with Crippen LogP contribution in [-0.2, 0) is 28.2 Å². The lowest BCUT2D eigenvalue weighted by atomic mass is 9.94. The second-order valence-corrected chi connectivity index (χ2v) is 12.7. The Morgan fingerprint density at radius 3 is 2.41 bits per heavy atom. The monoisotopic (exact) mass is 606 g/mol. The Hall–Kier alpha value is -3.97. The van der Waals surface area contributed by atoms with Crippen LogP contribution in [0.5, 0.6) is 0 Å². The SMILES string of the molecule is Cn1nc(NS(C)(=O)=O)c2c(Cl)ccc(-c3cc(N)cnc3C(Cc3cc(F)cc(F)c3)NC(=O)OC(C)(C)C)c21. The van der Waals surface area contributed by atoms with E-state index in [-0.39, 0.29) is 28.5 Å². The van der Waals surface area contributed by atoms with Crippen molar-refractivity contribution in [2.45, 2.75) is 38.8 Å². The molecule has 0 bridgehead atoms. The number of aromatic nitrogens is 3. The Labute approximate surface area is 240 Å². The zero-order chi connectivity index (χ0) is 30.3. The van der Waals surface area contributed by atoms with Gasteiger partial charge in [-0.15, -0.1) is 0 Å². The van der Waals surface area contributed by atoms with Crippen molar-refractivity contribution in [2.75, 3.05) is 16.7 Å². The third-order valence-electron chi connectivity index (χ3n) is 5.83. The number of fused-ring (bicyclic) bond motifs is 1. The number of hydrogen-bond donors (Lipinski definition) is 3. The molecule has 1 amide bonds. The third kappa shape index (κ3) is 7.22. The fraction of sp³-hybridized carbons (Fsp3) is 0.296. The number of pyridine rings is 1. The van der Waals surface area contributed by atoms with Crippen LogP contribution in [0.15, 0.2) is 42.6 Å². The van der Waals surface area contributed by atoms with Gasteiger partial charge in [0, 0.05) is 24.2 Å². The molecule has 2 heterocycles. The number of carbonyl (C=O) groups is 1. The standard InChI is InChI=1S/C27H29ClF2N6O4S/c1-27(2,3)40-26(37)33-21(10-14-8-15(29)11-16(30)9-14)23-19(12-17(31)13-32-23)18-6-7-20(28)22-24(18)36(4)34-25(22)35-41(5,38)39/h6-9,11-13,21H,10,31H2,1-5H3,(H,33,37)(H,34,35). The minimum atomic E-state index is -3.69. The van der Waals surface area contributed by atoms with Crippen molar-refractivity contribution in [3.63, 3.8) is 0 Å². The molecule has 10 nitrogen and oxygen atoms in total. The predicted molar refractivity (Wildman–Crippen MR) is 154 cm³/mol. The number of nitrogens with one attached hydrogen (secondary N) is 2. The predicted octanol–water partition coefficient (Wildman–Crippen LogP) is 5.33. The van der Waals surface area contributed by atoms with Crippen LogP contribution >= 0.6 is 11.6 Å². The van der Waals surface area contributed by atoms with Crippen LogP contribution in [0.2, 0.25) is 5.02 Å². The zero-order valence-electron chi connectivity index (χ0n) is 22.9. The summed E-state index contributed by atoms with van der Waals surface area (Å²) in [7, 11) is -2.08. The minimum Gasteiger partial charge on any atom is -0.444 e. The molecule has 41 heavy (non-hydrogen) atoms. The van der Waals surface area contributed by atoms with Gasteiger partial charge in [0.15, 0.2) is 5.82 Å². The van der Waals surface area contributed by atoms with E-state index in [1.165, 1.54) is 10.9 Å². The number of benzene rings is 2. The normalized spacial score (nSPS) is 12.8. The van der Waals surface area contributed by atoms with Crippen molar-refractivity contribution >= 4 is 50.1 Å². The first-order chi connectivity index (χ1) is 19.0. The molecule has 0 fully saturated rings. The van der Waals surface area contributed by atoms with Gasteiger partial charge in [-0.3, -0.25) is 14.4 Å². The molecule has 0 radical (unpaired) electrons. The van der Waals surface area contributed by atoms with Gasteiger partial charge in [0.1, 0.15) is 17.2 Å². The van der Waals surface area contributed by atoms with Crippen molar-refractivity contribution < 1.29 is 26.7 Å². The van der Waals surface area contributed by atoms with Crippen LogP contribution < -0.4 is 15.8 Å². The van der Waals surface area contributed by atoms with Crippen molar-refractivity contribution in [2.24, 2.45) is 7.05 Å². The van der Waals surface area contributed by atoms with E-state index >= 15 is 0 Å². The summed E-state index contributed by atoms with van der Waals surface area (Å²) in [5.41, 5.74) is 7.56. The Morgan fingerprint density at radius 2 is 1.80 bits per heavy atom. The van der Waals surface area contributed by atoms with E-state index in [1.807, 2.05) is 0 Å². The summed E-state index contributed by atoms with van der Waals surface area (Å²) in [6, 6.07) is 7.01. The first-order valence-corrected chi connectivity index (χ1v) is 14.6. The Balaban J connectivity index is 1.92. The summed E-state index contributed by atoms with van der Waals surface area (Å²) < 4.78 is 61.4. The van der Waals surface area contributed by atoms with Crippen LogP contribution in [-0.4, -0.2) is 41.1 Å². The maximum absolute atomic E-state index is 14.1. The highest BCUT2D eigenvalue weighted by molar-refractivity contribution is 7.92. The highest BCUT2D eigenvalue weighted by atomic mass is 35.5. The van der Waals surface area contributed by atoms with Gasteiger partial charge in [-0.05, 0) is 57.0 Å². The number of carbonyl (C=O) groups excluding carboxylic acids is 1. The molecule has 4 aromatic rings. The highest BCUT2D eigenvalue weighted by Crippen LogP contribution is 2.40. The van der Waals surface area contributed by atoms with Gasteiger partial charge in [-0.25, -0.2) is 22.0 Å². The number of rotatable bonds is 7. The number of alkyl carbamates (subject to hydrolysis) is 1. The third-order valence-corrected chi connectivity index (χ3v) is 6.71. The molecule has 1 unspecified atom stereocenters. The maximum atomic E-state index is 14.1. The summed E-state index contributed by atoms with van der Waals surface area (Å²) in [6.45, 7) is 5.10. The average molecular weight is 607 g/mol. The molecule has 0 aliphatic rings. The summed E-state index contributed by atoms with van der Waals surface area (Å²) in [5, 5.41) is 7.64. The van der Waals surface area contributed by atoms with Gasteiger partial charge in [0.2, 0.25) is 10.0 Å². The number of ether oxygens (including phenoxy) is 1. The molecule has 218 valence electrons. The van der Waals surface area contributed by atoms with Crippen molar-refractivity contribution in [1.82, 2.24) is 20.1 Å². The van der Waals surface area contributed by atoms with E-state index in [1.54, 1.807) is 46.0 Å². The number of nitrogens with two attached hydrogens (primary N) is 1. The molecule has 0 aliphatic heterocycles. The number of halogens is 3. The molecular weight excluding hydrogens is 578 g/mol. The topological polar surface area (TPSA) is 141 Å². The number of aryl methyl sites for hydroxylation is 1. The second-order valence-electron chi connectivity index (χ2n) is 10.5. The number of anilines is 2. The van der Waals surface area contributed by atoms with E-state index in [0.717, 1.165) is 24.5 Å². The fourth-order valence-electron chi connectivity index (χ4n) is 4.46. The van der Waals surface area contributed by atoms with Crippen molar-refractivity contribution in [3.05, 3.63) is 70.5 Å². The Morgan fingerprint density at radius 1 is 1.15 bits per heavy atom. The first-order valence-electron chi connectivity index (χ1n) is 12.3. The summed E-state index contributed by atoms with van der Waals surface area (Å²) >= 11 is 6.49. The number of sulfonamides is 1. The Kier molecular flexibility index (Phi) is 8.14. The van der Waals surface area contributed by atoms with Crippen LogP contribution in [0, 0.1) is 11.6 Å². The molecule has 0 spiro atoms. The largest absolute Gasteiger partial charge is 0.444 e. The molecule has 0 saturated heterocycles. The lowest BCUT2D eigenvalue weighted by Gasteiger charge is -2.25. The molecule has 0 aliphatic carbocycles. The Bertz CT molecular complexity index is 1730. The summed E-state index contributed by atoms with van der Waals surface area (Å²) in [4.78, 5) is 17.4. The molecule has 2 aromatic heterocycles. The van der Waals surface area contributed by atoms with Crippen molar-refractivity contribution in [3.8, 4) is 11.1 Å². The van der Waals surface area contributed by atoms with E-state index in [4.69, 9.17) is 22.1 Å². The van der Waals surface area contributed by atoms with Crippen LogP contribution in [0.1, 0.15) is 38.1 Å². The maximum Gasteiger partial charge on any atom is 0.408 e. The van der Waals surface area contributed by atoms with Gasteiger partial charge < -0.3 is 15.8 Å². The van der Waals surface area contributed by atoms with Gasteiger partial charge in [-0.2, -0.15) is 5.10 Å². The summed E-state index contributed by atoms with van der Waals surface area (Å²) in [5.74, 6) is -1.53. The van der Waals surface area contributed by atoms with Crippen molar-refractivity contribution in [1.29, 1.82) is 0 Å². The van der Waals surface area contributed by atoms with Crippen LogP contribution in [0.3, 0.4) is 0 Å². The van der Waals surface area contributed by atoms with E-state index in [0.29, 0.717) is 27.7 Å². The zero-order valence-corrected chi connectivity index (χ0v) is 24.5. The first kappa shape index (κ1) is 30.0. The van der Waals surface area contributed by atoms with Gasteiger partial charge in [-0.1, -0.05) is 17.7 Å². The van der Waals surface area contributed by atoms with Gasteiger partial charge in [0.05, 0.1) is 45.8 Å². The molecule has 4 rings (SSSR count). The second kappa shape index (κ2) is 11.1. The van der Waals surface area contributed by atoms with E-state index < -0.39 is 39.4 Å². The fourth-order valence-corrected chi connectivity index (χ4v) is 5.19. The average Bonchev–Trinajstić information content (AvgIpc) is 3.12. The number of amides is 1. The highest BCUT2D eigenvalue weighted by Gasteiger charge is 2.27. The molecule has 4 N–H and O–H groups in total. The smallest absolute Gasteiger partial charge is 0.408 e. The van der Waals surface area contributed by atoms with Gasteiger partial charge in [0.25, 0.3) is 0 Å². The van der Waals surface area contributed by atoms with Crippen LogP contribution in [0.4, 0.5) is 25.1 Å².